The number of carbonyl (C=O) groups excluding carboxylic acids is 1. The van der Waals surface area contributed by atoms with Crippen molar-refractivity contribution in [2.24, 2.45) is 0 Å². The van der Waals surface area contributed by atoms with Crippen LogP contribution in [0, 0.1) is 0 Å². The lowest BCUT2D eigenvalue weighted by Crippen LogP contribution is -2.24. The number of carbonyl (C=O) groups is 1. The Hall–Kier alpha value is -1.95. The highest BCUT2D eigenvalue weighted by atomic mass is 16.7. The van der Waals surface area contributed by atoms with E-state index in [2.05, 4.69) is 10.6 Å². The van der Waals surface area contributed by atoms with Crippen molar-refractivity contribution in [3.05, 3.63) is 17.7 Å². The highest BCUT2D eigenvalue weighted by Gasteiger charge is 2.18. The number of hydrogen-bond acceptors (Lipinski definition) is 5. The van der Waals surface area contributed by atoms with E-state index in [0.717, 1.165) is 23.6 Å². The summed E-state index contributed by atoms with van der Waals surface area (Å²) in [5.74, 6) is 2.14. The van der Waals surface area contributed by atoms with Crippen molar-refractivity contribution < 1.29 is 19.0 Å². The Bertz CT molecular complexity index is 491. The second-order valence-corrected chi connectivity index (χ2v) is 4.65. The summed E-state index contributed by atoms with van der Waals surface area (Å²) in [6.45, 7) is 6.70. The summed E-state index contributed by atoms with van der Waals surface area (Å²) in [7, 11) is 0. The van der Waals surface area contributed by atoms with Gasteiger partial charge in [0.2, 0.25) is 12.7 Å². The Balaban J connectivity index is 2.00. The topological polar surface area (TPSA) is 68.8 Å². The minimum atomic E-state index is -0.00789. The summed E-state index contributed by atoms with van der Waals surface area (Å²) < 4.78 is 16.5. The molecule has 0 saturated carbocycles. The van der Waals surface area contributed by atoms with Crippen molar-refractivity contribution in [1.29, 1.82) is 0 Å². The Kier molecular flexibility index (Phi) is 5.68. The maximum absolute atomic E-state index is 11.4. The quantitative estimate of drug-likeness (QED) is 0.759. The van der Waals surface area contributed by atoms with E-state index in [1.165, 1.54) is 0 Å². The lowest BCUT2D eigenvalue weighted by Gasteiger charge is -2.13. The SMILES string of the molecule is CCNCc1cc2c(cc1OCCC(=O)NCC)OCO2. The van der Waals surface area contributed by atoms with Gasteiger partial charge in [0, 0.05) is 24.7 Å². The monoisotopic (exact) mass is 294 g/mol. The standard InChI is InChI=1S/C15H22N2O4/c1-3-16-9-11-7-13-14(21-10-20-13)8-12(11)19-6-5-15(18)17-4-2/h7-8,16H,3-6,9-10H2,1-2H3,(H,17,18). The summed E-state index contributed by atoms with van der Waals surface area (Å²) in [6, 6.07) is 3.75. The van der Waals surface area contributed by atoms with Gasteiger partial charge in [-0.3, -0.25) is 4.79 Å². The van der Waals surface area contributed by atoms with Crippen molar-refractivity contribution in [2.75, 3.05) is 26.5 Å². The fourth-order valence-electron chi connectivity index (χ4n) is 2.04. The highest BCUT2D eigenvalue weighted by molar-refractivity contribution is 5.75. The molecule has 0 saturated heterocycles. The molecule has 1 aromatic carbocycles. The molecular weight excluding hydrogens is 272 g/mol. The maximum atomic E-state index is 11.4. The van der Waals surface area contributed by atoms with Gasteiger partial charge in [0.15, 0.2) is 11.5 Å². The molecule has 1 aliphatic rings. The van der Waals surface area contributed by atoms with E-state index < -0.39 is 0 Å². The first-order chi connectivity index (χ1) is 10.2. The second kappa shape index (κ2) is 7.73. The third-order valence-corrected chi connectivity index (χ3v) is 3.08. The van der Waals surface area contributed by atoms with Crippen LogP contribution in [0.4, 0.5) is 0 Å². The predicted octanol–water partition coefficient (Wildman–Crippen LogP) is 1.43. The lowest BCUT2D eigenvalue weighted by molar-refractivity contribution is -0.121. The van der Waals surface area contributed by atoms with E-state index in [1.807, 2.05) is 26.0 Å². The summed E-state index contributed by atoms with van der Waals surface area (Å²) >= 11 is 0. The van der Waals surface area contributed by atoms with Crippen LogP contribution in [0.3, 0.4) is 0 Å². The van der Waals surface area contributed by atoms with E-state index in [-0.39, 0.29) is 12.7 Å². The number of rotatable bonds is 8. The van der Waals surface area contributed by atoms with Crippen LogP contribution in [0.5, 0.6) is 17.2 Å². The van der Waals surface area contributed by atoms with Gasteiger partial charge in [0.25, 0.3) is 0 Å². The van der Waals surface area contributed by atoms with Gasteiger partial charge >= 0.3 is 0 Å². The molecule has 0 aromatic heterocycles. The van der Waals surface area contributed by atoms with Crippen molar-refractivity contribution in [2.45, 2.75) is 26.8 Å². The third-order valence-electron chi connectivity index (χ3n) is 3.08. The zero-order valence-corrected chi connectivity index (χ0v) is 12.5. The first-order valence-electron chi connectivity index (χ1n) is 7.27. The fourth-order valence-corrected chi connectivity index (χ4v) is 2.04. The molecule has 0 fully saturated rings. The van der Waals surface area contributed by atoms with Gasteiger partial charge in [0.1, 0.15) is 5.75 Å². The van der Waals surface area contributed by atoms with Crippen LogP contribution in [0.1, 0.15) is 25.8 Å². The van der Waals surface area contributed by atoms with Crippen LogP contribution in [0.15, 0.2) is 12.1 Å². The molecule has 1 heterocycles. The minimum absolute atomic E-state index is 0.00789. The maximum Gasteiger partial charge on any atom is 0.231 e. The van der Waals surface area contributed by atoms with E-state index in [4.69, 9.17) is 14.2 Å². The number of nitrogens with one attached hydrogen (secondary N) is 2. The first kappa shape index (κ1) is 15.4. The number of benzene rings is 1. The number of ether oxygens (including phenoxy) is 3. The van der Waals surface area contributed by atoms with Gasteiger partial charge in [-0.05, 0) is 19.5 Å². The van der Waals surface area contributed by atoms with Gasteiger partial charge in [-0.25, -0.2) is 0 Å². The average molecular weight is 294 g/mol. The van der Waals surface area contributed by atoms with E-state index in [9.17, 15) is 4.79 Å². The molecule has 116 valence electrons. The van der Waals surface area contributed by atoms with Crippen molar-refractivity contribution in [3.8, 4) is 17.2 Å². The van der Waals surface area contributed by atoms with Gasteiger partial charge < -0.3 is 24.8 Å². The van der Waals surface area contributed by atoms with E-state index in [1.54, 1.807) is 0 Å². The molecule has 1 aliphatic heterocycles. The Labute approximate surface area is 124 Å². The molecule has 0 spiro atoms. The molecule has 21 heavy (non-hydrogen) atoms. The van der Waals surface area contributed by atoms with Crippen LogP contribution < -0.4 is 24.8 Å². The number of amides is 1. The van der Waals surface area contributed by atoms with Crippen LogP contribution in [-0.4, -0.2) is 32.4 Å². The smallest absolute Gasteiger partial charge is 0.231 e. The van der Waals surface area contributed by atoms with Crippen LogP contribution >= 0.6 is 0 Å². The van der Waals surface area contributed by atoms with Crippen molar-refractivity contribution in [3.63, 3.8) is 0 Å². The molecule has 2 N–H and O–H groups in total. The minimum Gasteiger partial charge on any atom is -0.493 e. The molecule has 0 aliphatic carbocycles. The van der Waals surface area contributed by atoms with Gasteiger partial charge in [-0.15, -0.1) is 0 Å². The lowest BCUT2D eigenvalue weighted by atomic mass is 10.1. The molecule has 0 unspecified atom stereocenters. The average Bonchev–Trinajstić information content (AvgIpc) is 2.92. The summed E-state index contributed by atoms with van der Waals surface area (Å²) in [5, 5.41) is 6.01. The summed E-state index contributed by atoms with van der Waals surface area (Å²) in [6.07, 6.45) is 0.336. The molecule has 1 aromatic rings. The third kappa shape index (κ3) is 4.26. The van der Waals surface area contributed by atoms with Crippen LogP contribution in [0.2, 0.25) is 0 Å². The molecule has 6 nitrogen and oxygen atoms in total. The number of hydrogen-bond donors (Lipinski definition) is 2. The van der Waals surface area contributed by atoms with E-state index >= 15 is 0 Å². The van der Waals surface area contributed by atoms with Gasteiger partial charge in [-0.2, -0.15) is 0 Å². The molecule has 0 radical (unpaired) electrons. The van der Waals surface area contributed by atoms with Crippen molar-refractivity contribution >= 4 is 5.91 Å². The summed E-state index contributed by atoms with van der Waals surface area (Å²) in [5.41, 5.74) is 0.997. The zero-order chi connectivity index (χ0) is 15.1. The van der Waals surface area contributed by atoms with Crippen LogP contribution in [-0.2, 0) is 11.3 Å². The normalized spacial score (nSPS) is 12.3. The second-order valence-electron chi connectivity index (χ2n) is 4.65. The van der Waals surface area contributed by atoms with Gasteiger partial charge in [0.05, 0.1) is 13.0 Å². The van der Waals surface area contributed by atoms with Crippen molar-refractivity contribution in [1.82, 2.24) is 10.6 Å². The Morgan fingerprint density at radius 2 is 2.00 bits per heavy atom. The highest BCUT2D eigenvalue weighted by Crippen LogP contribution is 2.38. The number of fused-ring (bicyclic) bond motifs is 1. The summed E-state index contributed by atoms with van der Waals surface area (Å²) in [4.78, 5) is 11.4. The fraction of sp³-hybridized carbons (Fsp3) is 0.533. The van der Waals surface area contributed by atoms with E-state index in [0.29, 0.717) is 31.9 Å². The molecular formula is C15H22N2O4. The largest absolute Gasteiger partial charge is 0.493 e. The molecule has 1 amide bonds. The predicted molar refractivity (Wildman–Crippen MR) is 78.7 cm³/mol. The Morgan fingerprint density at radius 3 is 2.71 bits per heavy atom. The first-order valence-corrected chi connectivity index (χ1v) is 7.27. The Morgan fingerprint density at radius 1 is 1.24 bits per heavy atom. The molecule has 0 bridgehead atoms. The van der Waals surface area contributed by atoms with Gasteiger partial charge in [-0.1, -0.05) is 6.92 Å². The van der Waals surface area contributed by atoms with Crippen LogP contribution in [0.25, 0.3) is 0 Å². The molecule has 6 heteroatoms. The molecule has 0 atom stereocenters. The molecule has 2 rings (SSSR count). The zero-order valence-electron chi connectivity index (χ0n) is 12.5.